The number of aryl methyl sites for hydroxylation is 1. The molecule has 1 fully saturated rings. The van der Waals surface area contributed by atoms with Crippen molar-refractivity contribution in [1.82, 2.24) is 9.97 Å². The fraction of sp³-hybridized carbons (Fsp3) is 0.350. The van der Waals surface area contributed by atoms with E-state index < -0.39 is 0 Å². The third kappa shape index (κ3) is 4.09. The number of carbonyl (C=O) groups is 1. The van der Waals surface area contributed by atoms with Gasteiger partial charge in [0.15, 0.2) is 0 Å². The highest BCUT2D eigenvalue weighted by atomic mass is 32.1. The predicted molar refractivity (Wildman–Crippen MR) is 115 cm³/mol. The van der Waals surface area contributed by atoms with Gasteiger partial charge in [-0.05, 0) is 44.4 Å². The summed E-state index contributed by atoms with van der Waals surface area (Å²) in [6.07, 6.45) is 2.06. The minimum absolute atomic E-state index is 0.153. The van der Waals surface area contributed by atoms with Crippen LogP contribution in [0.2, 0.25) is 0 Å². The molecular formula is C20H22N4O2S2. The van der Waals surface area contributed by atoms with Crippen molar-refractivity contribution >= 4 is 40.1 Å². The maximum absolute atomic E-state index is 12.7. The van der Waals surface area contributed by atoms with Gasteiger partial charge >= 0.3 is 0 Å². The molecule has 6 nitrogen and oxygen atoms in total. The second kappa shape index (κ2) is 7.98. The minimum Gasteiger partial charge on any atom is -0.372 e. The number of hydrogen-bond acceptors (Lipinski definition) is 7. The molecule has 1 amide bonds. The zero-order valence-electron chi connectivity index (χ0n) is 16.0. The van der Waals surface area contributed by atoms with Gasteiger partial charge in [0.2, 0.25) is 0 Å². The molecule has 3 aromatic rings. The second-order valence-electron chi connectivity index (χ2n) is 6.97. The van der Waals surface area contributed by atoms with Gasteiger partial charge < -0.3 is 15.0 Å². The van der Waals surface area contributed by atoms with E-state index in [1.54, 1.807) is 17.5 Å². The van der Waals surface area contributed by atoms with Crippen molar-refractivity contribution in [3.05, 3.63) is 45.7 Å². The third-order valence-corrected chi connectivity index (χ3v) is 6.41. The highest BCUT2D eigenvalue weighted by molar-refractivity contribution is 7.17. The van der Waals surface area contributed by atoms with Crippen molar-refractivity contribution in [2.45, 2.75) is 33.0 Å². The molecule has 28 heavy (non-hydrogen) atoms. The van der Waals surface area contributed by atoms with E-state index in [2.05, 4.69) is 34.0 Å². The number of thiophene rings is 1. The van der Waals surface area contributed by atoms with Crippen molar-refractivity contribution in [2.75, 3.05) is 23.3 Å². The highest BCUT2D eigenvalue weighted by Crippen LogP contribution is 2.30. The van der Waals surface area contributed by atoms with Crippen LogP contribution in [0.15, 0.2) is 35.2 Å². The Hall–Kier alpha value is -2.29. The van der Waals surface area contributed by atoms with Gasteiger partial charge in [-0.3, -0.25) is 4.79 Å². The summed E-state index contributed by atoms with van der Waals surface area (Å²) >= 11 is 3.03. The Morgan fingerprint density at radius 1 is 1.25 bits per heavy atom. The number of nitrogens with zero attached hydrogens (tertiary/aromatic N) is 3. The van der Waals surface area contributed by atoms with E-state index in [-0.39, 0.29) is 18.1 Å². The maximum Gasteiger partial charge on any atom is 0.267 e. The molecule has 8 heteroatoms. The Morgan fingerprint density at radius 3 is 2.68 bits per heavy atom. The van der Waals surface area contributed by atoms with Gasteiger partial charge in [0.1, 0.15) is 15.7 Å². The zero-order chi connectivity index (χ0) is 19.7. The van der Waals surface area contributed by atoms with Gasteiger partial charge in [-0.25, -0.2) is 9.97 Å². The van der Waals surface area contributed by atoms with Gasteiger partial charge in [0, 0.05) is 24.0 Å². The van der Waals surface area contributed by atoms with Crippen LogP contribution in [0.3, 0.4) is 0 Å². The van der Waals surface area contributed by atoms with Gasteiger partial charge in [-0.15, -0.1) is 11.3 Å². The molecule has 146 valence electrons. The Balaban J connectivity index is 1.45. The maximum atomic E-state index is 12.7. The lowest BCUT2D eigenvalue weighted by molar-refractivity contribution is -0.00545. The second-order valence-corrected chi connectivity index (χ2v) is 8.75. The number of ether oxygens (including phenoxy) is 1. The third-order valence-electron chi connectivity index (χ3n) is 4.52. The monoisotopic (exact) mass is 414 g/mol. The van der Waals surface area contributed by atoms with E-state index in [9.17, 15) is 4.79 Å². The van der Waals surface area contributed by atoms with Crippen LogP contribution in [-0.4, -0.2) is 41.2 Å². The fourth-order valence-corrected chi connectivity index (χ4v) is 4.99. The first-order valence-electron chi connectivity index (χ1n) is 9.17. The lowest BCUT2D eigenvalue weighted by atomic mass is 10.2. The number of anilines is 2. The summed E-state index contributed by atoms with van der Waals surface area (Å²) in [6.45, 7) is 7.63. The molecule has 0 radical (unpaired) electrons. The van der Waals surface area contributed by atoms with Crippen LogP contribution in [0, 0.1) is 6.92 Å². The highest BCUT2D eigenvalue weighted by Gasteiger charge is 2.23. The summed E-state index contributed by atoms with van der Waals surface area (Å²) in [6, 6.07) is 5.85. The van der Waals surface area contributed by atoms with E-state index in [0.29, 0.717) is 10.6 Å². The van der Waals surface area contributed by atoms with Crippen LogP contribution in [0.25, 0.3) is 10.6 Å². The quantitative estimate of drug-likeness (QED) is 0.684. The molecule has 4 rings (SSSR count). The summed E-state index contributed by atoms with van der Waals surface area (Å²) < 4.78 is 5.77. The summed E-state index contributed by atoms with van der Waals surface area (Å²) in [5.41, 5.74) is 2.47. The molecule has 4 heterocycles. The molecule has 1 aliphatic rings. The number of morpholine rings is 1. The van der Waals surface area contributed by atoms with E-state index in [0.717, 1.165) is 35.2 Å². The Bertz CT molecular complexity index is 943. The number of nitrogens with one attached hydrogen (secondary N) is 1. The van der Waals surface area contributed by atoms with E-state index in [1.807, 2.05) is 35.9 Å². The normalized spacial score (nSPS) is 19.6. The molecule has 0 spiro atoms. The topological polar surface area (TPSA) is 67.4 Å². The SMILES string of the molecule is Cc1nc(-c2ccsc2)sc1C(=O)Nc1ccc(N2C[C@@H](C)O[C@@H](C)C2)nc1. The predicted octanol–water partition coefficient (Wildman–Crippen LogP) is 4.44. The number of hydrogen-bond donors (Lipinski definition) is 1. The molecule has 1 aliphatic heterocycles. The lowest BCUT2D eigenvalue weighted by Gasteiger charge is -2.36. The van der Waals surface area contributed by atoms with Crippen LogP contribution in [0.4, 0.5) is 11.5 Å². The Labute approximate surface area is 172 Å². The Kier molecular flexibility index (Phi) is 5.43. The Morgan fingerprint density at radius 2 is 2.04 bits per heavy atom. The van der Waals surface area contributed by atoms with E-state index in [1.165, 1.54) is 11.3 Å². The molecule has 0 aliphatic carbocycles. The van der Waals surface area contributed by atoms with Crippen LogP contribution in [0.1, 0.15) is 29.2 Å². The van der Waals surface area contributed by atoms with Crippen molar-refractivity contribution in [2.24, 2.45) is 0 Å². The molecule has 1 saturated heterocycles. The van der Waals surface area contributed by atoms with Crippen LogP contribution in [-0.2, 0) is 4.74 Å². The van der Waals surface area contributed by atoms with Crippen molar-refractivity contribution in [3.63, 3.8) is 0 Å². The molecule has 0 aromatic carbocycles. The molecular weight excluding hydrogens is 392 g/mol. The molecule has 0 unspecified atom stereocenters. The van der Waals surface area contributed by atoms with Crippen molar-refractivity contribution < 1.29 is 9.53 Å². The van der Waals surface area contributed by atoms with Crippen molar-refractivity contribution in [3.8, 4) is 10.6 Å². The largest absolute Gasteiger partial charge is 0.372 e. The van der Waals surface area contributed by atoms with Crippen LogP contribution < -0.4 is 10.2 Å². The smallest absolute Gasteiger partial charge is 0.267 e. The van der Waals surface area contributed by atoms with E-state index >= 15 is 0 Å². The van der Waals surface area contributed by atoms with Crippen LogP contribution >= 0.6 is 22.7 Å². The number of amides is 1. The first kappa shape index (κ1) is 19.0. The molecule has 0 saturated carbocycles. The summed E-state index contributed by atoms with van der Waals surface area (Å²) in [7, 11) is 0. The van der Waals surface area contributed by atoms with Crippen molar-refractivity contribution in [1.29, 1.82) is 0 Å². The molecule has 3 aromatic heterocycles. The van der Waals surface area contributed by atoms with Gasteiger partial charge in [-0.2, -0.15) is 11.3 Å². The average molecular weight is 415 g/mol. The summed E-state index contributed by atoms with van der Waals surface area (Å²) in [5.74, 6) is 0.744. The number of pyridine rings is 1. The van der Waals surface area contributed by atoms with Gasteiger partial charge in [0.25, 0.3) is 5.91 Å². The number of aromatic nitrogens is 2. The minimum atomic E-state index is -0.153. The number of thiazole rings is 1. The first-order valence-corrected chi connectivity index (χ1v) is 10.9. The van der Waals surface area contributed by atoms with Gasteiger partial charge in [-0.1, -0.05) is 0 Å². The molecule has 1 N–H and O–H groups in total. The fourth-order valence-electron chi connectivity index (χ4n) is 3.32. The van der Waals surface area contributed by atoms with Gasteiger partial charge in [0.05, 0.1) is 29.8 Å². The molecule has 0 bridgehead atoms. The van der Waals surface area contributed by atoms with Crippen LogP contribution in [0.5, 0.6) is 0 Å². The average Bonchev–Trinajstić information content (AvgIpc) is 3.31. The first-order chi connectivity index (χ1) is 13.5. The number of rotatable bonds is 4. The van der Waals surface area contributed by atoms with E-state index in [4.69, 9.17) is 4.74 Å². The number of carbonyl (C=O) groups excluding carboxylic acids is 1. The molecule has 2 atom stereocenters. The zero-order valence-corrected chi connectivity index (χ0v) is 17.6. The summed E-state index contributed by atoms with van der Waals surface area (Å²) in [4.78, 5) is 24.6. The standard InChI is InChI=1S/C20H22N4O2S2/c1-12-9-24(10-13(2)26-12)17-5-4-16(8-21-17)23-19(25)18-14(3)22-20(28-18)15-6-7-27-11-15/h4-8,11-13H,9-10H2,1-3H3,(H,23,25)/t12-,13+. The lowest BCUT2D eigenvalue weighted by Crippen LogP contribution is -2.45. The summed E-state index contributed by atoms with van der Waals surface area (Å²) in [5, 5.41) is 7.85.